The monoisotopic (exact) mass is 292 g/mol. The Morgan fingerprint density at radius 2 is 2.15 bits per heavy atom. The van der Waals surface area contributed by atoms with Crippen LogP contribution < -0.4 is 11.0 Å². The van der Waals surface area contributed by atoms with Crippen LogP contribution in [0.15, 0.2) is 29.3 Å². The first-order valence-electron chi connectivity index (χ1n) is 6.64. The van der Waals surface area contributed by atoms with Crippen LogP contribution in [0, 0.1) is 0 Å². The van der Waals surface area contributed by atoms with E-state index >= 15 is 0 Å². The molecule has 0 aliphatic heterocycles. The van der Waals surface area contributed by atoms with Crippen molar-refractivity contribution in [2.45, 2.75) is 26.7 Å². The Bertz CT molecular complexity index is 654. The molecule has 0 saturated heterocycles. The van der Waals surface area contributed by atoms with E-state index in [9.17, 15) is 4.79 Å². The lowest BCUT2D eigenvalue weighted by atomic mass is 10.1. The van der Waals surface area contributed by atoms with Gasteiger partial charge in [0.25, 0.3) is 0 Å². The van der Waals surface area contributed by atoms with E-state index in [0.717, 1.165) is 24.9 Å². The molecule has 0 radical (unpaired) electrons. The van der Waals surface area contributed by atoms with Crippen molar-refractivity contribution in [3.05, 3.63) is 45.6 Å². The predicted molar refractivity (Wildman–Crippen MR) is 80.8 cm³/mol. The molecule has 0 atom stereocenters. The normalized spacial score (nSPS) is 10.6. The third-order valence-corrected chi connectivity index (χ3v) is 3.23. The Labute approximate surface area is 122 Å². The molecule has 0 aliphatic rings. The van der Waals surface area contributed by atoms with Crippen molar-refractivity contribution in [2.75, 3.05) is 11.9 Å². The van der Waals surface area contributed by atoms with Gasteiger partial charge in [0.15, 0.2) is 0 Å². The number of anilines is 1. The zero-order valence-electron chi connectivity index (χ0n) is 11.6. The summed E-state index contributed by atoms with van der Waals surface area (Å²) in [6.07, 6.45) is 3.18. The standard InChI is InChI=1S/C14H17ClN4O/c1-3-8-16-13-17-9-19(14(20)18-13)12-10(4-2)6-5-7-11(12)15/h5-7,9H,3-4,8H2,1-2H3,(H,16,18,20). The average molecular weight is 293 g/mol. The summed E-state index contributed by atoms with van der Waals surface area (Å²) in [5, 5.41) is 3.51. The van der Waals surface area contributed by atoms with Gasteiger partial charge in [0.05, 0.1) is 10.7 Å². The largest absolute Gasteiger partial charge is 0.356 e. The van der Waals surface area contributed by atoms with E-state index in [2.05, 4.69) is 15.3 Å². The zero-order valence-corrected chi connectivity index (χ0v) is 12.3. The van der Waals surface area contributed by atoms with Gasteiger partial charge in [0, 0.05) is 6.54 Å². The van der Waals surface area contributed by atoms with Crippen molar-refractivity contribution in [3.8, 4) is 5.69 Å². The Kier molecular flexibility index (Phi) is 4.74. The van der Waals surface area contributed by atoms with Gasteiger partial charge in [0.1, 0.15) is 6.33 Å². The number of nitrogens with one attached hydrogen (secondary N) is 1. The van der Waals surface area contributed by atoms with Crippen LogP contribution in [-0.2, 0) is 6.42 Å². The zero-order chi connectivity index (χ0) is 14.5. The number of rotatable bonds is 5. The summed E-state index contributed by atoms with van der Waals surface area (Å²) in [5.74, 6) is 0.346. The maximum Gasteiger partial charge on any atom is 0.356 e. The van der Waals surface area contributed by atoms with Crippen LogP contribution in [-0.4, -0.2) is 21.1 Å². The lowest BCUT2D eigenvalue weighted by Crippen LogP contribution is -2.24. The van der Waals surface area contributed by atoms with E-state index in [1.807, 2.05) is 26.0 Å². The highest BCUT2D eigenvalue weighted by Gasteiger charge is 2.11. The number of nitrogens with zero attached hydrogens (tertiary/aromatic N) is 3. The van der Waals surface area contributed by atoms with Gasteiger partial charge in [-0.15, -0.1) is 0 Å². The van der Waals surface area contributed by atoms with Crippen LogP contribution in [0.2, 0.25) is 5.02 Å². The minimum Gasteiger partial charge on any atom is -0.354 e. The first-order valence-corrected chi connectivity index (χ1v) is 7.02. The highest BCUT2D eigenvalue weighted by Crippen LogP contribution is 2.23. The van der Waals surface area contributed by atoms with E-state index in [-0.39, 0.29) is 5.69 Å². The molecule has 1 aromatic heterocycles. The van der Waals surface area contributed by atoms with Crippen molar-refractivity contribution in [1.82, 2.24) is 14.5 Å². The SMILES string of the molecule is CCCNc1ncn(-c2c(Cl)cccc2CC)c(=O)n1. The van der Waals surface area contributed by atoms with E-state index < -0.39 is 0 Å². The summed E-state index contributed by atoms with van der Waals surface area (Å²) in [6, 6.07) is 5.57. The second-order valence-electron chi connectivity index (χ2n) is 4.36. The molecule has 1 aromatic carbocycles. The molecule has 2 rings (SSSR count). The lowest BCUT2D eigenvalue weighted by Gasteiger charge is -2.12. The fourth-order valence-corrected chi connectivity index (χ4v) is 2.21. The summed E-state index contributed by atoms with van der Waals surface area (Å²) in [5.41, 5.74) is 1.25. The molecule has 0 amide bonds. The summed E-state index contributed by atoms with van der Waals surface area (Å²) in [6.45, 7) is 4.78. The molecule has 0 spiro atoms. The average Bonchev–Trinajstić information content (AvgIpc) is 2.45. The number of para-hydroxylation sites is 1. The lowest BCUT2D eigenvalue weighted by molar-refractivity contribution is 0.838. The third kappa shape index (κ3) is 2.99. The fraction of sp³-hybridized carbons (Fsp3) is 0.357. The number of aryl methyl sites for hydroxylation is 1. The number of benzene rings is 1. The van der Waals surface area contributed by atoms with E-state index in [0.29, 0.717) is 16.7 Å². The van der Waals surface area contributed by atoms with Crippen LogP contribution in [0.3, 0.4) is 0 Å². The van der Waals surface area contributed by atoms with Gasteiger partial charge in [-0.25, -0.2) is 14.3 Å². The maximum atomic E-state index is 12.1. The van der Waals surface area contributed by atoms with Crippen molar-refractivity contribution in [2.24, 2.45) is 0 Å². The number of hydrogen-bond acceptors (Lipinski definition) is 4. The molecule has 0 unspecified atom stereocenters. The molecule has 1 N–H and O–H groups in total. The summed E-state index contributed by atoms with van der Waals surface area (Å²) < 4.78 is 1.39. The van der Waals surface area contributed by atoms with Crippen molar-refractivity contribution >= 4 is 17.5 Å². The van der Waals surface area contributed by atoms with Gasteiger partial charge < -0.3 is 5.32 Å². The number of halogens is 1. The summed E-state index contributed by atoms with van der Waals surface area (Å²) >= 11 is 6.21. The summed E-state index contributed by atoms with van der Waals surface area (Å²) in [7, 11) is 0. The van der Waals surface area contributed by atoms with E-state index in [4.69, 9.17) is 11.6 Å². The molecular weight excluding hydrogens is 276 g/mol. The molecule has 0 fully saturated rings. The Morgan fingerprint density at radius 1 is 1.35 bits per heavy atom. The Hall–Kier alpha value is -1.88. The van der Waals surface area contributed by atoms with E-state index in [1.54, 1.807) is 6.07 Å². The smallest absolute Gasteiger partial charge is 0.354 e. The third-order valence-electron chi connectivity index (χ3n) is 2.93. The quantitative estimate of drug-likeness (QED) is 0.920. The predicted octanol–water partition coefficient (Wildman–Crippen LogP) is 2.67. The molecule has 0 saturated carbocycles. The van der Waals surface area contributed by atoms with Gasteiger partial charge in [-0.05, 0) is 24.5 Å². The van der Waals surface area contributed by atoms with Crippen LogP contribution in [0.25, 0.3) is 5.69 Å². The molecule has 20 heavy (non-hydrogen) atoms. The fourth-order valence-electron chi connectivity index (χ4n) is 1.93. The van der Waals surface area contributed by atoms with Gasteiger partial charge in [-0.1, -0.05) is 37.6 Å². The topological polar surface area (TPSA) is 59.8 Å². The Morgan fingerprint density at radius 3 is 2.80 bits per heavy atom. The minimum absolute atomic E-state index is 0.346. The van der Waals surface area contributed by atoms with Gasteiger partial charge in [0.2, 0.25) is 5.95 Å². The first-order chi connectivity index (χ1) is 9.67. The molecule has 2 aromatic rings. The maximum absolute atomic E-state index is 12.1. The number of aromatic nitrogens is 3. The van der Waals surface area contributed by atoms with Gasteiger partial charge in [-0.3, -0.25) is 0 Å². The van der Waals surface area contributed by atoms with Crippen LogP contribution >= 0.6 is 11.6 Å². The van der Waals surface area contributed by atoms with Crippen LogP contribution in [0.5, 0.6) is 0 Å². The first kappa shape index (κ1) is 14.5. The Balaban J connectivity index is 2.46. The molecule has 0 aliphatic carbocycles. The van der Waals surface area contributed by atoms with Crippen LogP contribution in [0.4, 0.5) is 5.95 Å². The molecule has 106 valence electrons. The van der Waals surface area contributed by atoms with Crippen molar-refractivity contribution < 1.29 is 0 Å². The molecule has 5 nitrogen and oxygen atoms in total. The van der Waals surface area contributed by atoms with Crippen LogP contribution in [0.1, 0.15) is 25.8 Å². The number of hydrogen-bond donors (Lipinski definition) is 1. The van der Waals surface area contributed by atoms with Gasteiger partial charge >= 0.3 is 5.69 Å². The minimum atomic E-state index is -0.388. The second-order valence-corrected chi connectivity index (χ2v) is 4.77. The molecule has 6 heteroatoms. The highest BCUT2D eigenvalue weighted by molar-refractivity contribution is 6.32. The van der Waals surface area contributed by atoms with E-state index in [1.165, 1.54) is 10.9 Å². The van der Waals surface area contributed by atoms with Crippen molar-refractivity contribution in [3.63, 3.8) is 0 Å². The molecule has 0 bridgehead atoms. The second kappa shape index (κ2) is 6.52. The molecule has 1 heterocycles. The highest BCUT2D eigenvalue weighted by atomic mass is 35.5. The summed E-state index contributed by atoms with van der Waals surface area (Å²) in [4.78, 5) is 20.2. The molecular formula is C14H17ClN4O. The van der Waals surface area contributed by atoms with Gasteiger partial charge in [-0.2, -0.15) is 4.98 Å². The van der Waals surface area contributed by atoms with Crippen molar-refractivity contribution in [1.29, 1.82) is 0 Å².